The van der Waals surface area contributed by atoms with Crippen molar-refractivity contribution in [2.24, 2.45) is 0 Å². The van der Waals surface area contributed by atoms with Gasteiger partial charge in [0.2, 0.25) is 5.91 Å². The normalized spacial score (nSPS) is 22.0. The van der Waals surface area contributed by atoms with Crippen LogP contribution in [0.1, 0.15) is 24.9 Å². The maximum absolute atomic E-state index is 13.0. The number of carbonyl (C=O) groups excluding carboxylic acids is 1. The van der Waals surface area contributed by atoms with Gasteiger partial charge in [-0.3, -0.25) is 24.7 Å². The van der Waals surface area contributed by atoms with Gasteiger partial charge in [-0.05, 0) is 31.0 Å². The van der Waals surface area contributed by atoms with Crippen LogP contribution in [0.3, 0.4) is 0 Å². The molecule has 152 valence electrons. The molecule has 2 atom stereocenters. The van der Waals surface area contributed by atoms with Crippen LogP contribution in [-0.2, 0) is 4.79 Å². The first kappa shape index (κ1) is 19.5. The van der Waals surface area contributed by atoms with Crippen LogP contribution in [0, 0.1) is 10.1 Å². The molecule has 2 heterocycles. The van der Waals surface area contributed by atoms with Crippen LogP contribution in [0.25, 0.3) is 0 Å². The molecule has 4 rings (SSSR count). The summed E-state index contributed by atoms with van der Waals surface area (Å²) in [5.41, 5.74) is 2.06. The maximum atomic E-state index is 13.0. The summed E-state index contributed by atoms with van der Waals surface area (Å²) in [6.45, 7) is 6.21. The van der Waals surface area contributed by atoms with Crippen LogP contribution in [0.2, 0.25) is 0 Å². The number of hydrogen-bond donors (Lipinski definition) is 0. The van der Waals surface area contributed by atoms with Crippen LogP contribution in [0.5, 0.6) is 0 Å². The number of nitro groups is 1. The van der Waals surface area contributed by atoms with Gasteiger partial charge in [0.25, 0.3) is 5.69 Å². The standard InChI is InChI=1S/C22H26N4O3/c1-17(18-6-5-9-20(16-18)26(28)29)23-12-14-24(15-13-23)21-10-11-25(22(21)27)19-7-3-2-4-8-19/h2-9,16-17,21H,10-15H2,1H3/t17-,21-/m0/s1. The van der Waals surface area contributed by atoms with Gasteiger partial charge in [-0.25, -0.2) is 0 Å². The Morgan fingerprint density at radius 2 is 1.72 bits per heavy atom. The van der Waals surface area contributed by atoms with Gasteiger partial charge in [0.1, 0.15) is 0 Å². The van der Waals surface area contributed by atoms with E-state index in [9.17, 15) is 14.9 Å². The van der Waals surface area contributed by atoms with Crippen molar-refractivity contribution in [3.05, 3.63) is 70.3 Å². The van der Waals surface area contributed by atoms with Gasteiger partial charge in [0.05, 0.1) is 11.0 Å². The monoisotopic (exact) mass is 394 g/mol. The van der Waals surface area contributed by atoms with E-state index in [1.54, 1.807) is 12.1 Å². The highest BCUT2D eigenvalue weighted by atomic mass is 16.6. The molecule has 0 spiro atoms. The molecule has 0 N–H and O–H groups in total. The van der Waals surface area contributed by atoms with Gasteiger partial charge in [-0.1, -0.05) is 30.3 Å². The van der Waals surface area contributed by atoms with Crippen molar-refractivity contribution in [3.63, 3.8) is 0 Å². The molecule has 0 bridgehead atoms. The minimum absolute atomic E-state index is 0.0505. The molecule has 2 aliphatic rings. The lowest BCUT2D eigenvalue weighted by Crippen LogP contribution is -2.52. The highest BCUT2D eigenvalue weighted by molar-refractivity contribution is 5.99. The number of rotatable bonds is 5. The molecule has 0 unspecified atom stereocenters. The summed E-state index contributed by atoms with van der Waals surface area (Å²) in [7, 11) is 0. The molecule has 0 radical (unpaired) electrons. The largest absolute Gasteiger partial charge is 0.311 e. The lowest BCUT2D eigenvalue weighted by molar-refractivity contribution is -0.385. The SMILES string of the molecule is C[C@@H](c1cccc([N+](=O)[O-])c1)N1CCN([C@H]2CCN(c3ccccc3)C2=O)CC1. The van der Waals surface area contributed by atoms with Gasteiger partial charge in [-0.15, -0.1) is 0 Å². The van der Waals surface area contributed by atoms with E-state index in [0.29, 0.717) is 0 Å². The molecule has 7 heteroatoms. The van der Waals surface area contributed by atoms with Gasteiger partial charge in [0, 0.05) is 56.6 Å². The van der Waals surface area contributed by atoms with Crippen LogP contribution < -0.4 is 4.90 Å². The Hall–Kier alpha value is -2.77. The third-order valence-corrected chi connectivity index (χ3v) is 6.15. The summed E-state index contributed by atoms with van der Waals surface area (Å²) in [6, 6.07) is 16.8. The number of nitro benzene ring substituents is 1. The van der Waals surface area contributed by atoms with E-state index in [-0.39, 0.29) is 28.6 Å². The number of nitrogens with zero attached hydrogens (tertiary/aromatic N) is 4. The summed E-state index contributed by atoms with van der Waals surface area (Å²) in [5.74, 6) is 0.191. The van der Waals surface area contributed by atoms with Gasteiger partial charge in [0.15, 0.2) is 0 Å². The number of hydrogen-bond acceptors (Lipinski definition) is 5. The van der Waals surface area contributed by atoms with E-state index >= 15 is 0 Å². The topological polar surface area (TPSA) is 69.9 Å². The fourth-order valence-electron chi connectivity index (χ4n) is 4.41. The number of carbonyl (C=O) groups is 1. The average molecular weight is 394 g/mol. The first-order valence-electron chi connectivity index (χ1n) is 10.1. The first-order valence-corrected chi connectivity index (χ1v) is 10.1. The van der Waals surface area contributed by atoms with E-state index in [4.69, 9.17) is 0 Å². The van der Waals surface area contributed by atoms with Crippen LogP contribution in [0.4, 0.5) is 11.4 Å². The van der Waals surface area contributed by atoms with Crippen LogP contribution in [0.15, 0.2) is 54.6 Å². The van der Waals surface area contributed by atoms with Gasteiger partial charge < -0.3 is 4.90 Å². The average Bonchev–Trinajstić information content (AvgIpc) is 3.15. The van der Waals surface area contributed by atoms with Crippen LogP contribution >= 0.6 is 0 Å². The second kappa shape index (κ2) is 8.31. The Morgan fingerprint density at radius 1 is 1.00 bits per heavy atom. The molecule has 2 aromatic carbocycles. The number of para-hydroxylation sites is 1. The highest BCUT2D eigenvalue weighted by Gasteiger charge is 2.38. The zero-order valence-electron chi connectivity index (χ0n) is 16.6. The Kier molecular flexibility index (Phi) is 5.60. The molecule has 2 aliphatic heterocycles. The Balaban J connectivity index is 1.37. The minimum atomic E-state index is -0.349. The van der Waals surface area contributed by atoms with Crippen molar-refractivity contribution in [2.45, 2.75) is 25.4 Å². The molecular weight excluding hydrogens is 368 g/mol. The molecule has 7 nitrogen and oxygen atoms in total. The maximum Gasteiger partial charge on any atom is 0.269 e. The molecule has 2 fully saturated rings. The lowest BCUT2D eigenvalue weighted by Gasteiger charge is -2.40. The summed E-state index contributed by atoms with van der Waals surface area (Å²) in [6.07, 6.45) is 0.855. The van der Waals surface area contributed by atoms with E-state index in [2.05, 4.69) is 16.7 Å². The zero-order chi connectivity index (χ0) is 20.4. The third kappa shape index (κ3) is 4.02. The predicted molar refractivity (Wildman–Crippen MR) is 112 cm³/mol. The quantitative estimate of drug-likeness (QED) is 0.576. The van der Waals surface area contributed by atoms with Crippen molar-refractivity contribution in [3.8, 4) is 0 Å². The van der Waals surface area contributed by atoms with Crippen molar-refractivity contribution in [1.29, 1.82) is 0 Å². The van der Waals surface area contributed by atoms with Crippen molar-refractivity contribution >= 4 is 17.3 Å². The fourth-order valence-corrected chi connectivity index (χ4v) is 4.41. The predicted octanol–water partition coefficient (Wildman–Crippen LogP) is 3.08. The molecule has 1 amide bonds. The second-order valence-corrected chi connectivity index (χ2v) is 7.73. The highest BCUT2D eigenvalue weighted by Crippen LogP contribution is 2.28. The number of piperazine rings is 1. The van der Waals surface area contributed by atoms with E-state index < -0.39 is 0 Å². The molecule has 0 saturated carbocycles. The molecule has 0 aromatic heterocycles. The Bertz CT molecular complexity index is 881. The Labute approximate surface area is 170 Å². The second-order valence-electron chi connectivity index (χ2n) is 7.73. The smallest absolute Gasteiger partial charge is 0.269 e. The number of non-ortho nitro benzene ring substituents is 1. The van der Waals surface area contributed by atoms with Crippen molar-refractivity contribution in [2.75, 3.05) is 37.6 Å². The minimum Gasteiger partial charge on any atom is -0.311 e. The van der Waals surface area contributed by atoms with Gasteiger partial charge in [-0.2, -0.15) is 0 Å². The van der Waals surface area contributed by atoms with Crippen molar-refractivity contribution in [1.82, 2.24) is 9.80 Å². The van der Waals surface area contributed by atoms with E-state index in [0.717, 1.165) is 50.4 Å². The van der Waals surface area contributed by atoms with Gasteiger partial charge >= 0.3 is 0 Å². The number of amides is 1. The summed E-state index contributed by atoms with van der Waals surface area (Å²) in [4.78, 5) is 30.2. The fraction of sp³-hybridized carbons (Fsp3) is 0.409. The molecule has 29 heavy (non-hydrogen) atoms. The third-order valence-electron chi connectivity index (χ3n) is 6.15. The summed E-state index contributed by atoms with van der Waals surface area (Å²) < 4.78 is 0. The molecule has 2 saturated heterocycles. The molecule has 2 aromatic rings. The summed E-state index contributed by atoms with van der Waals surface area (Å²) >= 11 is 0. The number of anilines is 1. The van der Waals surface area contributed by atoms with E-state index in [1.807, 2.05) is 41.3 Å². The number of benzene rings is 2. The molecule has 0 aliphatic carbocycles. The lowest BCUT2D eigenvalue weighted by atomic mass is 10.0. The first-order chi connectivity index (χ1) is 14.0. The van der Waals surface area contributed by atoms with Crippen molar-refractivity contribution < 1.29 is 9.72 Å². The van der Waals surface area contributed by atoms with E-state index in [1.165, 1.54) is 6.07 Å². The zero-order valence-corrected chi connectivity index (χ0v) is 16.6. The van der Waals surface area contributed by atoms with Crippen LogP contribution in [-0.4, -0.2) is 59.4 Å². The summed E-state index contributed by atoms with van der Waals surface area (Å²) in [5, 5.41) is 11.1. The molecular formula is C22H26N4O3. The Morgan fingerprint density at radius 3 is 2.41 bits per heavy atom.